The molecule has 3 aromatic carbocycles. The highest BCUT2D eigenvalue weighted by atomic mass is 32.2. The molecular weight excluding hydrogens is 369 g/mol. The molecule has 3 rings (SSSR count). The van der Waals surface area contributed by atoms with Crippen molar-refractivity contribution in [1.82, 2.24) is 0 Å². The molecule has 0 unspecified atom stereocenters. The molecule has 0 radical (unpaired) electrons. The number of carbonyl (C=O) groups is 1. The first-order valence-electron chi connectivity index (χ1n) is 8.03. The van der Waals surface area contributed by atoms with Crippen LogP contribution in [-0.4, -0.2) is 19.5 Å². The Morgan fingerprint density at radius 1 is 0.926 bits per heavy atom. The van der Waals surface area contributed by atoms with Crippen molar-refractivity contribution in [2.45, 2.75) is 11.4 Å². The van der Waals surface area contributed by atoms with Crippen LogP contribution in [0.15, 0.2) is 83.8 Å². The van der Waals surface area contributed by atoms with E-state index in [4.69, 9.17) is 0 Å². The second-order valence-corrected chi connectivity index (χ2v) is 7.67. The molecule has 0 heterocycles. The van der Waals surface area contributed by atoms with Crippen LogP contribution in [0.25, 0.3) is 0 Å². The first kappa shape index (κ1) is 18.6. The van der Waals surface area contributed by atoms with Gasteiger partial charge in [0.05, 0.1) is 22.7 Å². The largest absolute Gasteiger partial charge is 0.478 e. The third-order valence-electron chi connectivity index (χ3n) is 3.93. The SMILES string of the molecule is O=C(O)c1cccc(N(Cc2ccccc2)S(=O)(=O)c2cccc(F)c2)c1. The lowest BCUT2D eigenvalue weighted by molar-refractivity contribution is 0.0697. The predicted molar refractivity (Wildman–Crippen MR) is 99.6 cm³/mol. The normalized spacial score (nSPS) is 11.1. The van der Waals surface area contributed by atoms with E-state index < -0.39 is 21.8 Å². The van der Waals surface area contributed by atoms with Gasteiger partial charge in [-0.1, -0.05) is 42.5 Å². The van der Waals surface area contributed by atoms with E-state index in [0.717, 1.165) is 16.4 Å². The zero-order valence-electron chi connectivity index (χ0n) is 14.1. The van der Waals surface area contributed by atoms with Gasteiger partial charge in [0.25, 0.3) is 10.0 Å². The summed E-state index contributed by atoms with van der Waals surface area (Å²) in [6, 6.07) is 19.2. The van der Waals surface area contributed by atoms with Crippen molar-refractivity contribution < 1.29 is 22.7 Å². The summed E-state index contributed by atoms with van der Waals surface area (Å²) in [5.41, 5.74) is 0.848. The van der Waals surface area contributed by atoms with Crippen molar-refractivity contribution >= 4 is 21.7 Å². The Bertz CT molecular complexity index is 1070. The van der Waals surface area contributed by atoms with Crippen LogP contribution in [-0.2, 0) is 16.6 Å². The molecule has 5 nitrogen and oxygen atoms in total. The van der Waals surface area contributed by atoms with Gasteiger partial charge in [0.2, 0.25) is 0 Å². The van der Waals surface area contributed by atoms with E-state index in [-0.39, 0.29) is 22.7 Å². The van der Waals surface area contributed by atoms with Crippen molar-refractivity contribution in [3.63, 3.8) is 0 Å². The molecule has 0 aliphatic rings. The first-order valence-corrected chi connectivity index (χ1v) is 9.47. The third-order valence-corrected chi connectivity index (χ3v) is 5.70. The number of carboxylic acids is 1. The number of anilines is 1. The molecule has 3 aromatic rings. The molecule has 0 aliphatic carbocycles. The summed E-state index contributed by atoms with van der Waals surface area (Å²) < 4.78 is 41.0. The van der Waals surface area contributed by atoms with Crippen LogP contribution in [0.2, 0.25) is 0 Å². The molecule has 138 valence electrons. The van der Waals surface area contributed by atoms with Crippen molar-refractivity contribution in [3.05, 3.63) is 95.8 Å². The fourth-order valence-electron chi connectivity index (χ4n) is 2.61. The standard InChI is InChI=1S/C20H16FNO4S/c21-17-9-5-11-19(13-17)27(25,26)22(14-15-6-2-1-3-7-15)18-10-4-8-16(12-18)20(23)24/h1-13H,14H2,(H,23,24). The number of sulfonamides is 1. The highest BCUT2D eigenvalue weighted by Gasteiger charge is 2.26. The molecule has 0 spiro atoms. The van der Waals surface area contributed by atoms with Crippen molar-refractivity contribution in [3.8, 4) is 0 Å². The van der Waals surface area contributed by atoms with Crippen LogP contribution in [0.1, 0.15) is 15.9 Å². The van der Waals surface area contributed by atoms with Gasteiger partial charge in [-0.05, 0) is 42.0 Å². The third kappa shape index (κ3) is 4.15. The summed E-state index contributed by atoms with van der Waals surface area (Å²) in [6.07, 6.45) is 0. The van der Waals surface area contributed by atoms with Crippen molar-refractivity contribution in [2.75, 3.05) is 4.31 Å². The summed E-state index contributed by atoms with van der Waals surface area (Å²) >= 11 is 0. The molecule has 27 heavy (non-hydrogen) atoms. The van der Waals surface area contributed by atoms with Crippen LogP contribution in [0.4, 0.5) is 10.1 Å². The van der Waals surface area contributed by atoms with Gasteiger partial charge in [-0.2, -0.15) is 0 Å². The maximum Gasteiger partial charge on any atom is 0.335 e. The van der Waals surface area contributed by atoms with Crippen LogP contribution < -0.4 is 4.31 Å². The highest BCUT2D eigenvalue weighted by molar-refractivity contribution is 7.92. The summed E-state index contributed by atoms with van der Waals surface area (Å²) in [5, 5.41) is 9.22. The topological polar surface area (TPSA) is 74.7 Å². The summed E-state index contributed by atoms with van der Waals surface area (Å²) in [6.45, 7) is -0.0250. The minimum Gasteiger partial charge on any atom is -0.478 e. The zero-order chi connectivity index (χ0) is 19.4. The van der Waals surface area contributed by atoms with Gasteiger partial charge >= 0.3 is 5.97 Å². The van der Waals surface area contributed by atoms with Gasteiger partial charge in [0.15, 0.2) is 0 Å². The highest BCUT2D eigenvalue weighted by Crippen LogP contribution is 2.27. The molecule has 0 aliphatic heterocycles. The minimum absolute atomic E-state index is 0.0250. The summed E-state index contributed by atoms with van der Waals surface area (Å²) in [4.78, 5) is 11.1. The fourth-order valence-corrected chi connectivity index (χ4v) is 4.09. The Labute approximate surface area is 156 Å². The smallest absolute Gasteiger partial charge is 0.335 e. The molecule has 0 aromatic heterocycles. The van der Waals surface area contributed by atoms with Gasteiger partial charge in [-0.25, -0.2) is 17.6 Å². The van der Waals surface area contributed by atoms with E-state index in [1.807, 2.05) is 0 Å². The molecule has 1 N–H and O–H groups in total. The Balaban J connectivity index is 2.12. The summed E-state index contributed by atoms with van der Waals surface area (Å²) in [5.74, 6) is -1.84. The number of benzene rings is 3. The van der Waals surface area contributed by atoms with Gasteiger partial charge in [0, 0.05) is 0 Å². The molecule has 0 atom stereocenters. The quantitative estimate of drug-likeness (QED) is 0.698. The second-order valence-electron chi connectivity index (χ2n) is 5.81. The van der Waals surface area contributed by atoms with Gasteiger partial charge in [-0.15, -0.1) is 0 Å². The van der Waals surface area contributed by atoms with E-state index in [2.05, 4.69) is 0 Å². The molecule has 7 heteroatoms. The van der Waals surface area contributed by atoms with E-state index in [9.17, 15) is 22.7 Å². The number of halogens is 1. The molecule has 0 fully saturated rings. The van der Waals surface area contributed by atoms with Crippen LogP contribution in [0.3, 0.4) is 0 Å². The molecule has 0 bridgehead atoms. The monoisotopic (exact) mass is 385 g/mol. The average Bonchev–Trinajstić information content (AvgIpc) is 2.67. The fraction of sp³-hybridized carbons (Fsp3) is 0.0500. The maximum absolute atomic E-state index is 13.6. The zero-order valence-corrected chi connectivity index (χ0v) is 14.9. The number of hydrogen-bond donors (Lipinski definition) is 1. The van der Waals surface area contributed by atoms with Crippen LogP contribution >= 0.6 is 0 Å². The average molecular weight is 385 g/mol. The Hall–Kier alpha value is -3.19. The van der Waals surface area contributed by atoms with Crippen LogP contribution in [0.5, 0.6) is 0 Å². The Morgan fingerprint density at radius 2 is 1.63 bits per heavy atom. The van der Waals surface area contributed by atoms with E-state index in [0.29, 0.717) is 5.56 Å². The maximum atomic E-state index is 13.6. The van der Waals surface area contributed by atoms with Gasteiger partial charge in [-0.3, -0.25) is 4.31 Å². The van der Waals surface area contributed by atoms with Crippen LogP contribution in [0, 0.1) is 5.82 Å². The number of hydrogen-bond acceptors (Lipinski definition) is 3. The lowest BCUT2D eigenvalue weighted by Crippen LogP contribution is -2.30. The molecule has 0 saturated heterocycles. The van der Waals surface area contributed by atoms with E-state index in [1.165, 1.54) is 36.4 Å². The number of aromatic carboxylic acids is 1. The van der Waals surface area contributed by atoms with E-state index >= 15 is 0 Å². The molecule has 0 amide bonds. The van der Waals surface area contributed by atoms with Crippen molar-refractivity contribution in [2.24, 2.45) is 0 Å². The Morgan fingerprint density at radius 3 is 2.30 bits per heavy atom. The number of carboxylic acid groups (broad SMARTS) is 1. The summed E-state index contributed by atoms with van der Waals surface area (Å²) in [7, 11) is -4.12. The minimum atomic E-state index is -4.12. The predicted octanol–water partition coefficient (Wildman–Crippen LogP) is 3.92. The Kier molecular flexibility index (Phi) is 5.23. The van der Waals surface area contributed by atoms with E-state index in [1.54, 1.807) is 30.3 Å². The molecular formula is C20H16FNO4S. The number of nitrogens with zero attached hydrogens (tertiary/aromatic N) is 1. The molecule has 0 saturated carbocycles. The lowest BCUT2D eigenvalue weighted by atomic mass is 10.2. The lowest BCUT2D eigenvalue weighted by Gasteiger charge is -2.25. The second kappa shape index (κ2) is 7.59. The first-order chi connectivity index (χ1) is 12.9. The van der Waals surface area contributed by atoms with Gasteiger partial charge in [0.1, 0.15) is 5.82 Å². The number of rotatable bonds is 6. The van der Waals surface area contributed by atoms with Gasteiger partial charge < -0.3 is 5.11 Å². The van der Waals surface area contributed by atoms with Crippen molar-refractivity contribution in [1.29, 1.82) is 0 Å².